The highest BCUT2D eigenvalue weighted by Crippen LogP contribution is 2.19. The summed E-state index contributed by atoms with van der Waals surface area (Å²) in [5.74, 6) is 0.534. The van der Waals surface area contributed by atoms with Gasteiger partial charge in [-0.1, -0.05) is 11.6 Å². The molecule has 0 spiro atoms. The first-order valence-electron chi connectivity index (χ1n) is 6.84. The molecule has 118 valence electrons. The van der Waals surface area contributed by atoms with Crippen LogP contribution in [-0.2, 0) is 12.1 Å². The van der Waals surface area contributed by atoms with Crippen molar-refractivity contribution in [1.82, 2.24) is 14.8 Å². The fraction of sp³-hybridized carbons (Fsp3) is 0.400. The van der Waals surface area contributed by atoms with Crippen molar-refractivity contribution in [3.63, 3.8) is 0 Å². The van der Waals surface area contributed by atoms with Crippen LogP contribution in [0.5, 0.6) is 5.88 Å². The van der Waals surface area contributed by atoms with E-state index in [9.17, 15) is 4.79 Å². The highest BCUT2D eigenvalue weighted by molar-refractivity contribution is 6.32. The fourth-order valence-corrected chi connectivity index (χ4v) is 2.10. The molecule has 0 radical (unpaired) electrons. The number of anilines is 1. The largest absolute Gasteiger partial charge is 0.481 e. The average Bonchev–Trinajstić information content (AvgIpc) is 2.47. The molecule has 0 unspecified atom stereocenters. The fourth-order valence-electron chi connectivity index (χ4n) is 1.90. The Balaban J connectivity index is 2.20. The molecule has 0 aliphatic rings. The van der Waals surface area contributed by atoms with Crippen molar-refractivity contribution >= 4 is 17.3 Å². The lowest BCUT2D eigenvalue weighted by molar-refractivity contribution is 0.338. The molecule has 2 aromatic heterocycles. The number of hydrogen-bond acceptors (Lipinski definition) is 5. The molecule has 0 aliphatic heterocycles. The Kier molecular flexibility index (Phi) is 4.71. The quantitative estimate of drug-likeness (QED) is 0.937. The van der Waals surface area contributed by atoms with Gasteiger partial charge >= 0.3 is 0 Å². The van der Waals surface area contributed by atoms with Crippen LogP contribution in [0.3, 0.4) is 0 Å². The zero-order valence-corrected chi connectivity index (χ0v) is 13.8. The molecule has 0 saturated carbocycles. The van der Waals surface area contributed by atoms with Crippen LogP contribution in [0.25, 0.3) is 0 Å². The summed E-state index contributed by atoms with van der Waals surface area (Å²) < 4.78 is 6.44. The first-order chi connectivity index (χ1) is 10.3. The molecule has 0 saturated heterocycles. The first kappa shape index (κ1) is 16.3. The van der Waals surface area contributed by atoms with Crippen LogP contribution in [-0.4, -0.2) is 21.9 Å². The van der Waals surface area contributed by atoms with E-state index in [-0.39, 0.29) is 10.6 Å². The molecule has 0 atom stereocenters. The van der Waals surface area contributed by atoms with Crippen molar-refractivity contribution in [3.05, 3.63) is 45.5 Å². The van der Waals surface area contributed by atoms with Gasteiger partial charge in [0.05, 0.1) is 24.5 Å². The number of halogens is 1. The van der Waals surface area contributed by atoms with Crippen molar-refractivity contribution in [2.75, 3.05) is 12.4 Å². The molecule has 2 rings (SSSR count). The minimum Gasteiger partial charge on any atom is -0.481 e. The summed E-state index contributed by atoms with van der Waals surface area (Å²) in [5.41, 5.74) is 0.731. The van der Waals surface area contributed by atoms with Crippen LogP contribution in [0.2, 0.25) is 5.02 Å². The number of nitrogens with zero attached hydrogens (tertiary/aromatic N) is 3. The van der Waals surface area contributed by atoms with E-state index in [0.29, 0.717) is 18.1 Å². The maximum atomic E-state index is 12.2. The van der Waals surface area contributed by atoms with Crippen LogP contribution in [0, 0.1) is 0 Å². The molecule has 2 aromatic rings. The van der Waals surface area contributed by atoms with E-state index in [2.05, 4.69) is 15.4 Å². The third-order valence-electron chi connectivity index (χ3n) is 3.05. The Morgan fingerprint density at radius 2 is 2.14 bits per heavy atom. The van der Waals surface area contributed by atoms with Crippen molar-refractivity contribution in [1.29, 1.82) is 0 Å². The van der Waals surface area contributed by atoms with E-state index in [1.54, 1.807) is 19.5 Å². The van der Waals surface area contributed by atoms with Crippen LogP contribution >= 0.6 is 11.6 Å². The summed E-state index contributed by atoms with van der Waals surface area (Å²) in [6.07, 6.45) is 3.22. The van der Waals surface area contributed by atoms with Gasteiger partial charge in [0, 0.05) is 18.8 Å². The van der Waals surface area contributed by atoms with Gasteiger partial charge in [0.1, 0.15) is 5.02 Å². The normalized spacial score (nSPS) is 11.3. The predicted octanol–water partition coefficient (Wildman–Crippen LogP) is 2.67. The molecule has 6 nitrogen and oxygen atoms in total. The predicted molar refractivity (Wildman–Crippen MR) is 86.6 cm³/mol. The number of ether oxygens (including phenoxy) is 1. The van der Waals surface area contributed by atoms with E-state index < -0.39 is 5.54 Å². The molecule has 0 amide bonds. The van der Waals surface area contributed by atoms with Crippen LogP contribution in [0.15, 0.2) is 29.3 Å². The van der Waals surface area contributed by atoms with E-state index in [0.717, 1.165) is 5.56 Å². The number of methoxy groups -OCH3 is 1. The molecule has 0 aromatic carbocycles. The topological polar surface area (TPSA) is 69.0 Å². The molecular formula is C15H19ClN4O2. The van der Waals surface area contributed by atoms with Gasteiger partial charge in [-0.15, -0.1) is 0 Å². The molecule has 7 heteroatoms. The first-order valence-corrected chi connectivity index (χ1v) is 7.22. The van der Waals surface area contributed by atoms with E-state index in [4.69, 9.17) is 16.3 Å². The van der Waals surface area contributed by atoms with E-state index in [1.807, 2.05) is 32.9 Å². The zero-order chi connectivity index (χ0) is 16.3. The average molecular weight is 323 g/mol. The second kappa shape index (κ2) is 6.36. The molecule has 0 aliphatic carbocycles. The van der Waals surface area contributed by atoms with Gasteiger partial charge in [-0.05, 0) is 32.4 Å². The molecular weight excluding hydrogens is 304 g/mol. The smallest absolute Gasteiger partial charge is 0.288 e. The van der Waals surface area contributed by atoms with Crippen molar-refractivity contribution in [3.8, 4) is 5.88 Å². The molecule has 22 heavy (non-hydrogen) atoms. The van der Waals surface area contributed by atoms with Gasteiger partial charge in [0.25, 0.3) is 5.56 Å². The lowest BCUT2D eigenvalue weighted by Gasteiger charge is -2.21. The molecule has 0 fully saturated rings. The Hall–Kier alpha value is -2.08. The third kappa shape index (κ3) is 3.57. The molecule has 2 heterocycles. The summed E-state index contributed by atoms with van der Waals surface area (Å²) in [6.45, 7) is 6.18. The minimum absolute atomic E-state index is 0.131. The van der Waals surface area contributed by atoms with Gasteiger partial charge in [0.15, 0.2) is 0 Å². The highest BCUT2D eigenvalue weighted by Gasteiger charge is 2.19. The lowest BCUT2D eigenvalue weighted by atomic mass is 10.1. The maximum Gasteiger partial charge on any atom is 0.288 e. The summed E-state index contributed by atoms with van der Waals surface area (Å²) in [6, 6.07) is 3.66. The number of rotatable bonds is 4. The minimum atomic E-state index is -0.419. The zero-order valence-electron chi connectivity index (χ0n) is 13.1. The Morgan fingerprint density at radius 1 is 1.41 bits per heavy atom. The van der Waals surface area contributed by atoms with Gasteiger partial charge in [-0.2, -0.15) is 5.10 Å². The maximum absolute atomic E-state index is 12.2. The number of pyridine rings is 1. The lowest BCUT2D eigenvalue weighted by Crippen LogP contribution is -2.36. The highest BCUT2D eigenvalue weighted by atomic mass is 35.5. The number of aromatic nitrogens is 3. The van der Waals surface area contributed by atoms with E-state index in [1.165, 1.54) is 4.68 Å². The Labute approximate surface area is 134 Å². The number of nitrogens with one attached hydrogen (secondary N) is 1. The Bertz CT molecular complexity index is 722. The Morgan fingerprint density at radius 3 is 2.77 bits per heavy atom. The molecule has 1 N–H and O–H groups in total. The summed E-state index contributed by atoms with van der Waals surface area (Å²) in [5, 5.41) is 7.42. The SMILES string of the molecule is COc1cc(CNc2cnn(C(C)(C)C)c(=O)c2Cl)ccn1. The summed E-state index contributed by atoms with van der Waals surface area (Å²) >= 11 is 6.16. The van der Waals surface area contributed by atoms with Crippen molar-refractivity contribution in [2.24, 2.45) is 0 Å². The summed E-state index contributed by atoms with van der Waals surface area (Å²) in [4.78, 5) is 16.3. The van der Waals surface area contributed by atoms with E-state index >= 15 is 0 Å². The second-order valence-corrected chi connectivity index (χ2v) is 6.20. The van der Waals surface area contributed by atoms with Crippen molar-refractivity contribution in [2.45, 2.75) is 32.9 Å². The van der Waals surface area contributed by atoms with Gasteiger partial charge < -0.3 is 10.1 Å². The monoisotopic (exact) mass is 322 g/mol. The second-order valence-electron chi connectivity index (χ2n) is 5.82. The van der Waals surface area contributed by atoms with Crippen molar-refractivity contribution < 1.29 is 4.74 Å². The van der Waals surface area contributed by atoms with Gasteiger partial charge in [-0.3, -0.25) is 4.79 Å². The van der Waals surface area contributed by atoms with Crippen LogP contribution < -0.4 is 15.6 Å². The standard InChI is InChI=1S/C15H19ClN4O2/c1-15(2,3)20-14(21)13(16)11(9-19-20)18-8-10-5-6-17-12(7-10)22-4/h5-7,9,18H,8H2,1-4H3. The van der Waals surface area contributed by atoms with Gasteiger partial charge in [-0.25, -0.2) is 9.67 Å². The van der Waals surface area contributed by atoms with Crippen LogP contribution in [0.1, 0.15) is 26.3 Å². The molecule has 0 bridgehead atoms. The number of hydrogen-bond donors (Lipinski definition) is 1. The third-order valence-corrected chi connectivity index (χ3v) is 3.41. The van der Waals surface area contributed by atoms with Crippen LogP contribution in [0.4, 0.5) is 5.69 Å². The van der Waals surface area contributed by atoms with Gasteiger partial charge in [0.2, 0.25) is 5.88 Å². The summed E-state index contributed by atoms with van der Waals surface area (Å²) in [7, 11) is 1.56.